The van der Waals surface area contributed by atoms with E-state index < -0.39 is 5.41 Å². The number of amides is 1. The number of carbonyl (C=O) groups is 1. The van der Waals surface area contributed by atoms with Gasteiger partial charge in [0, 0.05) is 12.2 Å². The van der Waals surface area contributed by atoms with Gasteiger partial charge in [-0.3, -0.25) is 4.79 Å². The van der Waals surface area contributed by atoms with E-state index >= 15 is 0 Å². The molecule has 1 unspecified atom stereocenters. The Morgan fingerprint density at radius 1 is 1.44 bits per heavy atom. The highest BCUT2D eigenvalue weighted by molar-refractivity contribution is 6.37. The van der Waals surface area contributed by atoms with Crippen molar-refractivity contribution in [3.05, 3.63) is 22.2 Å². The van der Waals surface area contributed by atoms with Crippen LogP contribution in [-0.4, -0.2) is 24.1 Å². The number of nitrogens with one attached hydrogen (secondary N) is 2. The summed E-state index contributed by atoms with van der Waals surface area (Å²) in [6.07, 6.45) is 0.790. The molecule has 1 heterocycles. The fourth-order valence-electron chi connectivity index (χ4n) is 1.93. The fourth-order valence-corrected chi connectivity index (χ4v) is 2.42. The van der Waals surface area contributed by atoms with Gasteiger partial charge in [-0.1, -0.05) is 23.2 Å². The van der Waals surface area contributed by atoms with Crippen molar-refractivity contribution in [2.75, 3.05) is 18.4 Å². The van der Waals surface area contributed by atoms with Crippen LogP contribution in [0.15, 0.2) is 12.1 Å². The number of hydrogen-bond donors (Lipinski definition) is 3. The Morgan fingerprint density at radius 3 is 2.56 bits per heavy atom. The van der Waals surface area contributed by atoms with Crippen LogP contribution >= 0.6 is 23.2 Å². The summed E-state index contributed by atoms with van der Waals surface area (Å²) >= 11 is 11.6. The van der Waals surface area contributed by atoms with Gasteiger partial charge in [0.05, 0.1) is 15.5 Å². The molecule has 1 aliphatic rings. The molecule has 0 aliphatic carbocycles. The largest absolute Gasteiger partial charge is 0.505 e. The van der Waals surface area contributed by atoms with Crippen LogP contribution in [0.1, 0.15) is 13.3 Å². The van der Waals surface area contributed by atoms with Gasteiger partial charge in [-0.25, -0.2) is 0 Å². The summed E-state index contributed by atoms with van der Waals surface area (Å²) in [6, 6.07) is 2.96. The van der Waals surface area contributed by atoms with Crippen LogP contribution < -0.4 is 10.6 Å². The van der Waals surface area contributed by atoms with E-state index in [1.807, 2.05) is 6.92 Å². The lowest BCUT2D eigenvalue weighted by atomic mass is 9.89. The molecule has 1 amide bonds. The number of carbonyl (C=O) groups excluding carboxylic acids is 1. The average Bonchev–Trinajstić information content (AvgIpc) is 2.74. The number of aromatic hydroxyl groups is 1. The zero-order chi connectivity index (χ0) is 13.3. The molecule has 6 heteroatoms. The normalized spacial score (nSPS) is 23.1. The van der Waals surface area contributed by atoms with Crippen molar-refractivity contribution in [3.63, 3.8) is 0 Å². The van der Waals surface area contributed by atoms with Crippen LogP contribution in [0.25, 0.3) is 0 Å². The lowest BCUT2D eigenvalue weighted by Gasteiger charge is -2.21. The highest BCUT2D eigenvalue weighted by atomic mass is 35.5. The molecule has 4 nitrogen and oxygen atoms in total. The van der Waals surface area contributed by atoms with Crippen molar-refractivity contribution in [1.82, 2.24) is 5.32 Å². The molecule has 98 valence electrons. The second-order valence-corrected chi connectivity index (χ2v) is 5.54. The highest BCUT2D eigenvalue weighted by Crippen LogP contribution is 2.35. The van der Waals surface area contributed by atoms with Crippen LogP contribution in [0.3, 0.4) is 0 Å². The Hall–Kier alpha value is -0.970. The molecule has 1 aromatic carbocycles. The van der Waals surface area contributed by atoms with Gasteiger partial charge in [0.2, 0.25) is 5.91 Å². The van der Waals surface area contributed by atoms with Crippen LogP contribution in [-0.2, 0) is 4.79 Å². The molecule has 1 aliphatic heterocycles. The molecule has 1 aromatic rings. The minimum atomic E-state index is -0.420. The maximum absolute atomic E-state index is 12.1. The Bertz CT molecular complexity index is 462. The maximum Gasteiger partial charge on any atom is 0.231 e. The second kappa shape index (κ2) is 4.96. The first kappa shape index (κ1) is 13.5. The number of phenols is 1. The van der Waals surface area contributed by atoms with Crippen molar-refractivity contribution in [3.8, 4) is 5.75 Å². The summed E-state index contributed by atoms with van der Waals surface area (Å²) in [7, 11) is 0. The van der Waals surface area contributed by atoms with Gasteiger partial charge in [-0.15, -0.1) is 0 Å². The first-order valence-electron chi connectivity index (χ1n) is 5.62. The number of halogens is 2. The van der Waals surface area contributed by atoms with E-state index in [0.717, 1.165) is 13.0 Å². The van der Waals surface area contributed by atoms with Gasteiger partial charge in [0.1, 0.15) is 0 Å². The van der Waals surface area contributed by atoms with E-state index in [4.69, 9.17) is 23.2 Å². The number of rotatable bonds is 2. The standard InChI is InChI=1S/C12H14Cl2N2O2/c1-12(2-3-15-6-12)11(18)16-7-4-8(13)10(17)9(14)5-7/h4-5,15,17H,2-3,6H2,1H3,(H,16,18). The Kier molecular flexibility index (Phi) is 3.71. The van der Waals surface area contributed by atoms with Gasteiger partial charge in [0.25, 0.3) is 0 Å². The van der Waals surface area contributed by atoms with E-state index in [0.29, 0.717) is 12.2 Å². The minimum Gasteiger partial charge on any atom is -0.505 e. The number of hydrogen-bond acceptors (Lipinski definition) is 3. The predicted molar refractivity (Wildman–Crippen MR) is 72.4 cm³/mol. The summed E-state index contributed by atoms with van der Waals surface area (Å²) in [5.74, 6) is -0.254. The van der Waals surface area contributed by atoms with E-state index in [2.05, 4.69) is 10.6 Å². The van der Waals surface area contributed by atoms with Gasteiger partial charge < -0.3 is 15.7 Å². The van der Waals surface area contributed by atoms with Crippen LogP contribution in [0.5, 0.6) is 5.75 Å². The zero-order valence-corrected chi connectivity index (χ0v) is 11.4. The van der Waals surface area contributed by atoms with E-state index in [9.17, 15) is 9.90 Å². The van der Waals surface area contributed by atoms with Crippen molar-refractivity contribution in [1.29, 1.82) is 0 Å². The summed E-state index contributed by atoms with van der Waals surface area (Å²) in [5, 5.41) is 15.6. The Balaban J connectivity index is 2.17. The summed E-state index contributed by atoms with van der Waals surface area (Å²) in [4.78, 5) is 12.1. The molecule has 3 N–H and O–H groups in total. The third kappa shape index (κ3) is 2.55. The zero-order valence-electron chi connectivity index (χ0n) is 9.89. The molecule has 0 radical (unpaired) electrons. The Labute approximate surface area is 115 Å². The monoisotopic (exact) mass is 288 g/mol. The number of phenolic OH excluding ortho intramolecular Hbond substituents is 1. The average molecular weight is 289 g/mol. The van der Waals surface area contributed by atoms with E-state index in [1.54, 1.807) is 0 Å². The lowest BCUT2D eigenvalue weighted by Crippen LogP contribution is -2.35. The number of benzene rings is 1. The first-order chi connectivity index (χ1) is 8.42. The molecular weight excluding hydrogens is 275 g/mol. The predicted octanol–water partition coefficient (Wildman–Crippen LogP) is 2.64. The Morgan fingerprint density at radius 2 is 2.06 bits per heavy atom. The van der Waals surface area contributed by atoms with E-state index in [-0.39, 0.29) is 21.7 Å². The smallest absolute Gasteiger partial charge is 0.231 e. The maximum atomic E-state index is 12.1. The van der Waals surface area contributed by atoms with Gasteiger partial charge in [-0.2, -0.15) is 0 Å². The fraction of sp³-hybridized carbons (Fsp3) is 0.417. The van der Waals surface area contributed by atoms with Crippen LogP contribution in [0.2, 0.25) is 10.0 Å². The third-order valence-corrected chi connectivity index (χ3v) is 3.77. The van der Waals surface area contributed by atoms with Gasteiger partial charge >= 0.3 is 0 Å². The quantitative estimate of drug-likeness (QED) is 0.733. The van der Waals surface area contributed by atoms with Crippen molar-refractivity contribution < 1.29 is 9.90 Å². The van der Waals surface area contributed by atoms with Crippen molar-refractivity contribution >= 4 is 34.8 Å². The van der Waals surface area contributed by atoms with Gasteiger partial charge in [0.15, 0.2) is 5.75 Å². The topological polar surface area (TPSA) is 61.4 Å². The summed E-state index contributed by atoms with van der Waals surface area (Å²) in [5.41, 5.74) is 0.0672. The molecule has 18 heavy (non-hydrogen) atoms. The molecule has 1 fully saturated rings. The number of anilines is 1. The minimum absolute atomic E-state index is 0.0784. The first-order valence-corrected chi connectivity index (χ1v) is 6.38. The SMILES string of the molecule is CC1(C(=O)Nc2cc(Cl)c(O)c(Cl)c2)CCNC1. The second-order valence-electron chi connectivity index (χ2n) is 4.73. The molecular formula is C12H14Cl2N2O2. The third-order valence-electron chi connectivity index (χ3n) is 3.19. The molecule has 1 saturated heterocycles. The van der Waals surface area contributed by atoms with Crippen molar-refractivity contribution in [2.45, 2.75) is 13.3 Å². The molecule has 0 aromatic heterocycles. The molecule has 1 atom stereocenters. The summed E-state index contributed by atoms with van der Waals surface area (Å²) < 4.78 is 0. The van der Waals surface area contributed by atoms with Gasteiger partial charge in [-0.05, 0) is 32.0 Å². The van der Waals surface area contributed by atoms with Crippen LogP contribution in [0, 0.1) is 5.41 Å². The highest BCUT2D eigenvalue weighted by Gasteiger charge is 2.36. The molecule has 0 spiro atoms. The van der Waals surface area contributed by atoms with Crippen LogP contribution in [0.4, 0.5) is 5.69 Å². The van der Waals surface area contributed by atoms with E-state index in [1.165, 1.54) is 12.1 Å². The molecule has 0 saturated carbocycles. The molecule has 0 bridgehead atoms. The van der Waals surface area contributed by atoms with Crippen molar-refractivity contribution in [2.24, 2.45) is 5.41 Å². The summed E-state index contributed by atoms with van der Waals surface area (Å²) in [6.45, 7) is 3.39. The molecule has 2 rings (SSSR count). The lowest BCUT2D eigenvalue weighted by molar-refractivity contribution is -0.123.